The number of nitriles is 1. The SMILES string of the molecule is COc1cnc(CN2C3CC2CN(c2ccc(-c4cc(OC[C@@H](C)O)cn5ncc(C#N)c45)cn2)C3)cn1. The van der Waals surface area contributed by atoms with Crippen LogP contribution in [0.15, 0.2) is 49.2 Å². The van der Waals surface area contributed by atoms with E-state index in [4.69, 9.17) is 14.5 Å². The minimum Gasteiger partial charge on any atom is -0.489 e. The lowest BCUT2D eigenvalue weighted by Gasteiger charge is -2.56. The standard InChI is InChI=1S/C27H28N8O3/c1-17(36)16-38-23-6-24(27-19(7-28)9-32-35(27)15-23)18-3-4-25(30-8-18)33-13-21-5-22(14-33)34(21)12-20-10-31-26(37-2)11-29-20/h3-4,6,8-11,15,17,21-22,36H,5,12-14,16H2,1-2H3/t17-,21?,22?/m1/s1. The lowest BCUT2D eigenvalue weighted by atomic mass is 9.87. The number of fused-ring (bicyclic) bond motifs is 3. The van der Waals surface area contributed by atoms with Gasteiger partial charge in [-0.1, -0.05) is 0 Å². The molecule has 0 aliphatic carbocycles. The second-order valence-electron chi connectivity index (χ2n) is 9.79. The molecule has 4 aromatic heterocycles. The maximum atomic E-state index is 9.62. The molecule has 0 spiro atoms. The highest BCUT2D eigenvalue weighted by atomic mass is 16.5. The molecule has 3 atom stereocenters. The number of rotatable bonds is 8. The van der Waals surface area contributed by atoms with Crippen LogP contribution >= 0.6 is 0 Å². The van der Waals surface area contributed by atoms with Gasteiger partial charge in [-0.15, -0.1) is 0 Å². The molecule has 2 unspecified atom stereocenters. The summed E-state index contributed by atoms with van der Waals surface area (Å²) in [5, 5.41) is 23.6. The quantitative estimate of drug-likeness (QED) is 0.376. The number of hydrogen-bond donors (Lipinski definition) is 1. The molecule has 3 aliphatic rings. The van der Waals surface area contributed by atoms with Crippen LogP contribution < -0.4 is 14.4 Å². The summed E-state index contributed by atoms with van der Waals surface area (Å²) in [7, 11) is 1.59. The number of anilines is 1. The number of aliphatic hydroxyl groups is 1. The second-order valence-corrected chi connectivity index (χ2v) is 9.79. The van der Waals surface area contributed by atoms with E-state index in [0.29, 0.717) is 34.8 Å². The van der Waals surface area contributed by atoms with Crippen molar-refractivity contribution in [1.29, 1.82) is 5.26 Å². The van der Waals surface area contributed by atoms with Gasteiger partial charge in [0.15, 0.2) is 0 Å². The fourth-order valence-electron chi connectivity index (χ4n) is 5.28. The minimum absolute atomic E-state index is 0.161. The van der Waals surface area contributed by atoms with Crippen LogP contribution in [-0.4, -0.2) is 79.6 Å². The third-order valence-electron chi connectivity index (χ3n) is 7.16. The summed E-state index contributed by atoms with van der Waals surface area (Å²) in [6.45, 7) is 4.41. The number of hydrogen-bond acceptors (Lipinski definition) is 10. The average molecular weight is 513 g/mol. The maximum Gasteiger partial charge on any atom is 0.231 e. The Labute approximate surface area is 219 Å². The molecule has 0 aromatic carbocycles. The molecule has 11 nitrogen and oxygen atoms in total. The number of aromatic nitrogens is 5. The first-order valence-corrected chi connectivity index (χ1v) is 12.6. The highest BCUT2D eigenvalue weighted by Crippen LogP contribution is 2.36. The number of piperidine rings is 1. The van der Waals surface area contributed by atoms with E-state index < -0.39 is 6.10 Å². The molecular formula is C27H28N8O3. The first-order chi connectivity index (χ1) is 18.5. The zero-order valence-electron chi connectivity index (χ0n) is 21.2. The van der Waals surface area contributed by atoms with Gasteiger partial charge in [-0.2, -0.15) is 10.4 Å². The summed E-state index contributed by atoms with van der Waals surface area (Å²) in [6.07, 6.45) is 9.11. The lowest BCUT2D eigenvalue weighted by Crippen LogP contribution is -2.68. The van der Waals surface area contributed by atoms with E-state index in [2.05, 4.69) is 30.9 Å². The maximum absolute atomic E-state index is 9.62. The van der Waals surface area contributed by atoms with Crippen molar-refractivity contribution < 1.29 is 14.6 Å². The van der Waals surface area contributed by atoms with Gasteiger partial charge in [-0.3, -0.25) is 9.88 Å². The van der Waals surface area contributed by atoms with Crippen molar-refractivity contribution in [2.45, 2.75) is 38.1 Å². The highest BCUT2D eigenvalue weighted by Gasteiger charge is 2.44. The Balaban J connectivity index is 1.19. The van der Waals surface area contributed by atoms with Crippen molar-refractivity contribution in [1.82, 2.24) is 29.5 Å². The number of piperazine rings is 1. The minimum atomic E-state index is -0.599. The van der Waals surface area contributed by atoms with Crippen LogP contribution in [0.1, 0.15) is 24.6 Å². The first-order valence-electron chi connectivity index (χ1n) is 12.6. The molecule has 2 bridgehead atoms. The molecule has 1 N–H and O–H groups in total. The Morgan fingerprint density at radius 1 is 1.13 bits per heavy atom. The summed E-state index contributed by atoms with van der Waals surface area (Å²) in [5.74, 6) is 2.01. The highest BCUT2D eigenvalue weighted by molar-refractivity contribution is 5.85. The zero-order valence-corrected chi connectivity index (χ0v) is 21.2. The van der Waals surface area contributed by atoms with E-state index in [9.17, 15) is 10.4 Å². The topological polar surface area (TPSA) is 125 Å². The van der Waals surface area contributed by atoms with Crippen LogP contribution in [0, 0.1) is 11.3 Å². The van der Waals surface area contributed by atoms with Crippen LogP contribution in [0.4, 0.5) is 5.82 Å². The molecule has 0 radical (unpaired) electrons. The molecule has 3 aliphatic heterocycles. The van der Waals surface area contributed by atoms with E-state index in [1.54, 1.807) is 43.3 Å². The van der Waals surface area contributed by atoms with Crippen molar-refractivity contribution >= 4 is 11.3 Å². The molecule has 7 heterocycles. The predicted octanol–water partition coefficient (Wildman–Crippen LogP) is 2.29. The van der Waals surface area contributed by atoms with Crippen molar-refractivity contribution in [3.05, 3.63) is 60.4 Å². The summed E-state index contributed by atoms with van der Waals surface area (Å²) in [6, 6.07) is 9.04. The summed E-state index contributed by atoms with van der Waals surface area (Å²) in [4.78, 5) is 18.3. The third kappa shape index (κ3) is 4.49. The average Bonchev–Trinajstić information content (AvgIpc) is 3.38. The van der Waals surface area contributed by atoms with Crippen molar-refractivity contribution in [2.24, 2.45) is 0 Å². The second kappa shape index (κ2) is 9.89. The molecule has 0 amide bonds. The Bertz CT molecular complexity index is 1470. The van der Waals surface area contributed by atoms with E-state index in [1.807, 2.05) is 24.4 Å². The molecular weight excluding hydrogens is 484 g/mol. The van der Waals surface area contributed by atoms with E-state index in [1.165, 1.54) is 6.42 Å². The van der Waals surface area contributed by atoms with Crippen molar-refractivity contribution in [3.63, 3.8) is 0 Å². The molecule has 194 valence electrons. The lowest BCUT2D eigenvalue weighted by molar-refractivity contribution is -0.00979. The monoisotopic (exact) mass is 512 g/mol. The molecule has 4 aromatic rings. The van der Waals surface area contributed by atoms with Gasteiger partial charge in [-0.25, -0.2) is 14.5 Å². The first kappa shape index (κ1) is 24.1. The van der Waals surface area contributed by atoms with Crippen LogP contribution in [0.3, 0.4) is 0 Å². The van der Waals surface area contributed by atoms with Crippen LogP contribution in [0.2, 0.25) is 0 Å². The fraction of sp³-hybridized carbons (Fsp3) is 0.370. The van der Waals surface area contributed by atoms with Gasteiger partial charge in [0.2, 0.25) is 5.88 Å². The molecule has 11 heteroatoms. The molecule has 3 fully saturated rings. The summed E-state index contributed by atoms with van der Waals surface area (Å²) in [5.41, 5.74) is 3.78. The van der Waals surface area contributed by atoms with E-state index in [-0.39, 0.29) is 6.61 Å². The third-order valence-corrected chi connectivity index (χ3v) is 7.16. The Hall–Kier alpha value is -4.27. The van der Waals surface area contributed by atoms with Crippen LogP contribution in [-0.2, 0) is 6.54 Å². The molecule has 3 saturated heterocycles. The summed E-state index contributed by atoms with van der Waals surface area (Å²) < 4.78 is 12.5. The normalized spacial score (nSPS) is 19.6. The van der Waals surface area contributed by atoms with Crippen molar-refractivity contribution in [2.75, 3.05) is 31.7 Å². The Morgan fingerprint density at radius 2 is 1.97 bits per heavy atom. The molecule has 7 rings (SSSR count). The Morgan fingerprint density at radius 3 is 2.63 bits per heavy atom. The number of ether oxygens (including phenoxy) is 2. The van der Waals surface area contributed by atoms with Gasteiger partial charge >= 0.3 is 0 Å². The van der Waals surface area contributed by atoms with Crippen LogP contribution in [0.25, 0.3) is 16.6 Å². The largest absolute Gasteiger partial charge is 0.489 e. The van der Waals surface area contributed by atoms with Gasteiger partial charge in [0.05, 0.1) is 54.8 Å². The summed E-state index contributed by atoms with van der Waals surface area (Å²) >= 11 is 0. The Kier molecular flexibility index (Phi) is 6.27. The number of aliphatic hydroxyl groups excluding tert-OH is 1. The van der Waals surface area contributed by atoms with Gasteiger partial charge in [0.25, 0.3) is 0 Å². The molecule has 38 heavy (non-hydrogen) atoms. The van der Waals surface area contributed by atoms with Gasteiger partial charge < -0.3 is 19.5 Å². The fourth-order valence-corrected chi connectivity index (χ4v) is 5.28. The van der Waals surface area contributed by atoms with Crippen molar-refractivity contribution in [3.8, 4) is 28.8 Å². The van der Waals surface area contributed by atoms with Crippen LogP contribution in [0.5, 0.6) is 11.6 Å². The number of pyridine rings is 2. The van der Waals surface area contributed by atoms with Gasteiger partial charge in [0.1, 0.15) is 24.2 Å². The van der Waals surface area contributed by atoms with E-state index in [0.717, 1.165) is 42.3 Å². The van der Waals surface area contributed by atoms with Gasteiger partial charge in [0, 0.05) is 49.0 Å². The molecule has 0 saturated carbocycles. The van der Waals surface area contributed by atoms with Gasteiger partial charge in [-0.05, 0) is 31.5 Å². The predicted molar refractivity (Wildman–Crippen MR) is 139 cm³/mol. The number of methoxy groups -OCH3 is 1. The van der Waals surface area contributed by atoms with E-state index >= 15 is 0 Å². The smallest absolute Gasteiger partial charge is 0.231 e. The number of nitrogens with zero attached hydrogens (tertiary/aromatic N) is 8. The zero-order chi connectivity index (χ0) is 26.2.